The third kappa shape index (κ3) is 17.2. The van der Waals surface area contributed by atoms with E-state index in [0.717, 1.165) is 28.3 Å². The van der Waals surface area contributed by atoms with Crippen molar-refractivity contribution in [2.75, 3.05) is 44.4 Å². The summed E-state index contributed by atoms with van der Waals surface area (Å²) in [5.74, 6) is -11.6. The highest BCUT2D eigenvalue weighted by Crippen LogP contribution is 2.21. The first-order chi connectivity index (χ1) is 33.6. The van der Waals surface area contributed by atoms with E-state index in [2.05, 4.69) is 72.8 Å². The molecule has 1 aliphatic rings. The van der Waals surface area contributed by atoms with Crippen LogP contribution >= 0.6 is 25.3 Å². The molecule has 10 atom stereocenters. The second kappa shape index (κ2) is 28.5. The highest BCUT2D eigenvalue weighted by Gasteiger charge is 2.41. The number of rotatable bonds is 28. The van der Waals surface area contributed by atoms with Crippen LogP contribution in [0.15, 0.2) is 30.5 Å². The number of nitrogens with one attached hydrogen (secondary N) is 9. The second-order valence-corrected chi connectivity index (χ2v) is 17.1. The van der Waals surface area contributed by atoms with Crippen molar-refractivity contribution < 1.29 is 78.3 Å². The number of nitrogens with zero attached hydrogens (tertiary/aromatic N) is 1. The fraction of sp³-hybridized carbons (Fsp3) is 0.548. The van der Waals surface area contributed by atoms with Crippen LogP contribution in [-0.4, -0.2) is 205 Å². The van der Waals surface area contributed by atoms with Gasteiger partial charge >= 0.3 is 5.97 Å². The minimum Gasteiger partial charge on any atom is -0.481 e. The molecule has 2 heterocycles. The van der Waals surface area contributed by atoms with E-state index in [1.807, 2.05) is 24.3 Å². The van der Waals surface area contributed by atoms with Crippen LogP contribution in [0, 0.1) is 0 Å². The average molecular weight is 1040 g/mol. The fourth-order valence-corrected chi connectivity index (χ4v) is 7.61. The topological polar surface area (TPSA) is 430 Å². The number of fused-ring (bicyclic) bond motifs is 1. The fourth-order valence-electron chi connectivity index (χ4n) is 7.09. The lowest BCUT2D eigenvalue weighted by molar-refractivity contribution is -0.145. The molecule has 2 aromatic rings. The third-order valence-corrected chi connectivity index (χ3v) is 11.8. The number of Topliss-reactive ketones (excluding diaryl/α,β-unsaturated/α-hetero) is 1. The summed E-state index contributed by atoms with van der Waals surface area (Å²) in [6, 6.07) is -6.19. The van der Waals surface area contributed by atoms with Crippen LogP contribution in [0.4, 0.5) is 0 Å². The largest absolute Gasteiger partial charge is 0.481 e. The standard InChI is InChI=1S/C42H61N11O16S2/c1-19(57)25(10-21-12-44-24-7-4-3-6-22(21)24)47-37(64)27(15-55)46-32(59)13-45-36(63)26(14-54)48-40(67)30(18-71)51-41(68)31-8-5-9-53(31)42(69)34(20(2)58)52-38(65)28(16-56)49-39(66)29(17-70)50-35(62)23(43)11-33(60)61/h3-4,6-7,12,20,23,25-31,34,44,54-56,58,70-71H,5,8-11,13-18,43H2,1-2H3,(H,45,63)(H,46,59)(H,47,64)(H,48,67)(H,49,66)(H,50,62)(H,51,68)(H,52,65)(H,60,61)/t20-,23+,25+,26+,27+,28+,29+,30+,31+,34+/m1/s1. The van der Waals surface area contributed by atoms with Crippen LogP contribution in [0.3, 0.4) is 0 Å². The quantitative estimate of drug-likeness (QED) is 0.0352. The number of aliphatic carboxylic acids is 1. The van der Waals surface area contributed by atoms with Crippen LogP contribution in [0.1, 0.15) is 38.7 Å². The summed E-state index contributed by atoms with van der Waals surface area (Å²) in [6.45, 7) is -1.37. The number of hydrogen-bond donors (Lipinski definition) is 17. The zero-order chi connectivity index (χ0) is 53.1. The summed E-state index contributed by atoms with van der Waals surface area (Å²) in [7, 11) is 0. The Labute approximate surface area is 416 Å². The van der Waals surface area contributed by atoms with E-state index in [0.29, 0.717) is 0 Å². The lowest BCUT2D eigenvalue weighted by Crippen LogP contribution is -2.62. The number of ketones is 1. The Bertz CT molecular complexity index is 2270. The van der Waals surface area contributed by atoms with Gasteiger partial charge in [-0.15, -0.1) is 0 Å². The molecule has 0 radical (unpaired) electrons. The summed E-state index contributed by atoms with van der Waals surface area (Å²) in [5.41, 5.74) is 7.07. The van der Waals surface area contributed by atoms with Crippen molar-refractivity contribution in [2.45, 2.75) is 100 Å². The van der Waals surface area contributed by atoms with Gasteiger partial charge in [-0.05, 0) is 38.3 Å². The van der Waals surface area contributed by atoms with Crippen molar-refractivity contribution in [1.82, 2.24) is 52.4 Å². The van der Waals surface area contributed by atoms with E-state index in [1.54, 1.807) is 6.20 Å². The van der Waals surface area contributed by atoms with Gasteiger partial charge in [0.1, 0.15) is 42.3 Å². The number of benzene rings is 1. The number of carboxylic acid groups (broad SMARTS) is 1. The molecule has 0 aliphatic carbocycles. The van der Waals surface area contributed by atoms with Crippen LogP contribution in [0.25, 0.3) is 10.9 Å². The highest BCUT2D eigenvalue weighted by molar-refractivity contribution is 7.80. The zero-order valence-electron chi connectivity index (χ0n) is 38.6. The van der Waals surface area contributed by atoms with Crippen molar-refractivity contribution in [3.05, 3.63) is 36.0 Å². The van der Waals surface area contributed by atoms with Gasteiger partial charge in [0.05, 0.1) is 51.0 Å². The maximum Gasteiger partial charge on any atom is 0.305 e. The molecule has 29 heteroatoms. The molecule has 1 saturated heterocycles. The molecular formula is C42H61N11O16S2. The minimum absolute atomic E-state index is 0.0477. The number of aliphatic hydroxyl groups excluding tert-OH is 4. The predicted molar refractivity (Wildman–Crippen MR) is 255 cm³/mol. The highest BCUT2D eigenvalue weighted by atomic mass is 32.1. The molecule has 0 spiro atoms. The molecule has 0 unspecified atom stereocenters. The number of likely N-dealkylation sites (tertiary alicyclic amines) is 1. The van der Waals surface area contributed by atoms with Gasteiger partial charge in [-0.25, -0.2) is 0 Å². The summed E-state index contributed by atoms with van der Waals surface area (Å²) in [6.07, 6.45) is -0.275. The van der Waals surface area contributed by atoms with Crippen LogP contribution < -0.4 is 48.3 Å². The minimum atomic E-state index is -1.76. The molecule has 1 fully saturated rings. The number of carboxylic acids is 1. The molecule has 3 rings (SSSR count). The zero-order valence-corrected chi connectivity index (χ0v) is 40.4. The van der Waals surface area contributed by atoms with Gasteiger partial charge in [-0.1, -0.05) is 18.2 Å². The number of aromatic amines is 1. The summed E-state index contributed by atoms with van der Waals surface area (Å²) in [5, 5.41) is 68.1. The van der Waals surface area contributed by atoms with E-state index in [-0.39, 0.29) is 37.3 Å². The molecule has 1 aliphatic heterocycles. The van der Waals surface area contributed by atoms with E-state index in [9.17, 15) is 73.2 Å². The van der Waals surface area contributed by atoms with E-state index in [1.165, 1.54) is 6.92 Å². The van der Waals surface area contributed by atoms with E-state index >= 15 is 0 Å². The van der Waals surface area contributed by atoms with Gasteiger partial charge in [0.25, 0.3) is 0 Å². The summed E-state index contributed by atoms with van der Waals surface area (Å²) < 4.78 is 0. The van der Waals surface area contributed by atoms with Gasteiger partial charge in [-0.3, -0.25) is 52.7 Å². The Balaban J connectivity index is 1.56. The van der Waals surface area contributed by atoms with E-state index in [4.69, 9.17) is 10.8 Å². The van der Waals surface area contributed by atoms with Gasteiger partial charge < -0.3 is 83.7 Å². The summed E-state index contributed by atoms with van der Waals surface area (Å²) >= 11 is 8.08. The van der Waals surface area contributed by atoms with Crippen molar-refractivity contribution in [3.8, 4) is 0 Å². The predicted octanol–water partition coefficient (Wildman–Crippen LogP) is -7.18. The monoisotopic (exact) mass is 1040 g/mol. The number of thiol groups is 2. The Morgan fingerprint density at radius 3 is 1.82 bits per heavy atom. The van der Waals surface area contributed by atoms with Crippen molar-refractivity contribution in [1.29, 1.82) is 0 Å². The molecule has 1 aromatic carbocycles. The van der Waals surface area contributed by atoms with E-state index < -0.39 is 158 Å². The first-order valence-corrected chi connectivity index (χ1v) is 23.3. The average Bonchev–Trinajstić information content (AvgIpc) is 4.00. The number of aliphatic hydroxyl groups is 4. The van der Waals surface area contributed by atoms with Gasteiger partial charge in [-0.2, -0.15) is 25.3 Å². The number of carbonyl (C=O) groups is 11. The Kier molecular flexibility index (Phi) is 23.6. The summed E-state index contributed by atoms with van der Waals surface area (Å²) in [4.78, 5) is 145. The van der Waals surface area contributed by atoms with Crippen LogP contribution in [-0.2, 0) is 59.2 Å². The lowest BCUT2D eigenvalue weighted by atomic mass is 10.0. The molecule has 9 amide bonds. The van der Waals surface area contributed by atoms with Crippen LogP contribution in [0.2, 0.25) is 0 Å². The molecule has 71 heavy (non-hydrogen) atoms. The number of hydrogen-bond acceptors (Lipinski definition) is 18. The maximum atomic E-state index is 13.8. The first-order valence-electron chi connectivity index (χ1n) is 22.1. The molecule has 0 saturated carbocycles. The van der Waals surface area contributed by atoms with Crippen LogP contribution in [0.5, 0.6) is 0 Å². The molecule has 1 aromatic heterocycles. The number of H-pyrrole nitrogens is 1. The molecule has 16 N–H and O–H groups in total. The van der Waals surface area contributed by atoms with Crippen molar-refractivity contribution in [2.24, 2.45) is 5.73 Å². The van der Waals surface area contributed by atoms with Crippen molar-refractivity contribution >= 4 is 101 Å². The maximum absolute atomic E-state index is 13.8. The SMILES string of the molecule is CC(=O)[C@H](Cc1c[nH]c2ccccc12)NC(=O)[C@H](CO)NC(=O)CNC(=O)[C@H](CO)NC(=O)[C@H](CS)NC(=O)[C@@H]1CCCN1C(=O)[C@@H](NC(=O)[C@H](CO)NC(=O)[C@H](CS)NC(=O)[C@@H](N)CC(=O)O)[C@@H](C)O. The van der Waals surface area contributed by atoms with Crippen molar-refractivity contribution in [3.63, 3.8) is 0 Å². The smallest absolute Gasteiger partial charge is 0.305 e. The normalized spacial score (nSPS) is 17.1. The second-order valence-electron chi connectivity index (χ2n) is 16.4. The van der Waals surface area contributed by atoms with Gasteiger partial charge in [0, 0.05) is 41.6 Å². The molecule has 0 bridgehead atoms. The third-order valence-electron chi connectivity index (χ3n) is 11.0. The Morgan fingerprint density at radius 2 is 1.25 bits per heavy atom. The number of nitrogens with two attached hydrogens (primary N) is 1. The Morgan fingerprint density at radius 1 is 0.732 bits per heavy atom. The first kappa shape index (κ1) is 58.9. The number of para-hydroxylation sites is 1. The number of aromatic nitrogens is 1. The molecule has 392 valence electrons. The molecule has 27 nitrogen and oxygen atoms in total. The lowest BCUT2D eigenvalue weighted by Gasteiger charge is -2.31. The van der Waals surface area contributed by atoms with Gasteiger partial charge in [0.15, 0.2) is 5.78 Å². The number of amides is 9. The number of carbonyl (C=O) groups excluding carboxylic acids is 10. The van der Waals surface area contributed by atoms with Gasteiger partial charge in [0.2, 0.25) is 53.2 Å². The Hall–Kier alpha value is -6.37. The molecular weight excluding hydrogens is 979 g/mol.